The van der Waals surface area contributed by atoms with Gasteiger partial charge in [-0.3, -0.25) is 4.79 Å². The lowest BCUT2D eigenvalue weighted by Crippen LogP contribution is -2.50. The van der Waals surface area contributed by atoms with Crippen LogP contribution in [0.15, 0.2) is 35.2 Å². The van der Waals surface area contributed by atoms with Crippen LogP contribution in [0, 0.1) is 11.8 Å². The fourth-order valence-corrected chi connectivity index (χ4v) is 5.35. The van der Waals surface area contributed by atoms with Crippen molar-refractivity contribution >= 4 is 15.9 Å². The fourth-order valence-electron chi connectivity index (χ4n) is 3.90. The molecule has 1 N–H and O–H groups in total. The van der Waals surface area contributed by atoms with Gasteiger partial charge in [0.2, 0.25) is 15.9 Å². The van der Waals surface area contributed by atoms with Gasteiger partial charge in [0.25, 0.3) is 0 Å². The molecule has 1 aromatic rings. The van der Waals surface area contributed by atoms with Crippen LogP contribution in [-0.2, 0) is 14.8 Å². The molecule has 0 aromatic heterocycles. The number of hydrogen-bond donors (Lipinski definition) is 1. The molecule has 6 nitrogen and oxygen atoms in total. The van der Waals surface area contributed by atoms with E-state index in [0.29, 0.717) is 49.3 Å². The summed E-state index contributed by atoms with van der Waals surface area (Å²) in [6.45, 7) is 5.94. The molecule has 0 spiro atoms. The Morgan fingerprint density at radius 1 is 1.12 bits per heavy atom. The van der Waals surface area contributed by atoms with E-state index in [-0.39, 0.29) is 5.91 Å². The zero-order valence-corrected chi connectivity index (χ0v) is 16.2. The number of amides is 1. The monoisotopic (exact) mass is 379 g/mol. The van der Waals surface area contributed by atoms with Crippen LogP contribution in [0.5, 0.6) is 0 Å². The van der Waals surface area contributed by atoms with E-state index in [2.05, 4.69) is 12.2 Å². The highest BCUT2D eigenvalue weighted by Gasteiger charge is 2.31. The Morgan fingerprint density at radius 3 is 2.35 bits per heavy atom. The Labute approximate surface area is 156 Å². The van der Waals surface area contributed by atoms with Crippen molar-refractivity contribution in [1.29, 1.82) is 0 Å². The predicted molar refractivity (Wildman–Crippen MR) is 101 cm³/mol. The summed E-state index contributed by atoms with van der Waals surface area (Å²) >= 11 is 0. The van der Waals surface area contributed by atoms with Crippen LogP contribution >= 0.6 is 0 Å². The second-order valence-corrected chi connectivity index (χ2v) is 9.30. The van der Waals surface area contributed by atoms with Crippen LogP contribution in [0.4, 0.5) is 0 Å². The molecule has 26 heavy (non-hydrogen) atoms. The van der Waals surface area contributed by atoms with E-state index in [1.54, 1.807) is 30.3 Å². The van der Waals surface area contributed by atoms with Gasteiger partial charge in [0.15, 0.2) is 0 Å². The molecule has 0 saturated carbocycles. The molecule has 2 aliphatic rings. The van der Waals surface area contributed by atoms with Gasteiger partial charge in [-0.25, -0.2) is 8.42 Å². The van der Waals surface area contributed by atoms with E-state index in [9.17, 15) is 13.2 Å². The number of carbonyl (C=O) groups is 1. The van der Waals surface area contributed by atoms with Gasteiger partial charge in [-0.15, -0.1) is 0 Å². The van der Waals surface area contributed by atoms with Gasteiger partial charge in [0.05, 0.1) is 4.90 Å². The molecule has 2 heterocycles. The number of piperazine rings is 1. The number of nitrogens with one attached hydrogen (secondary N) is 1. The first kappa shape index (κ1) is 19.3. The summed E-state index contributed by atoms with van der Waals surface area (Å²) in [5, 5.41) is 3.36. The Balaban J connectivity index is 1.52. The molecule has 2 fully saturated rings. The summed E-state index contributed by atoms with van der Waals surface area (Å²) in [6, 6.07) is 8.50. The average molecular weight is 380 g/mol. The van der Waals surface area contributed by atoms with E-state index < -0.39 is 10.0 Å². The smallest absolute Gasteiger partial charge is 0.243 e. The molecule has 0 radical (unpaired) electrons. The average Bonchev–Trinajstić information content (AvgIpc) is 2.69. The molecule has 1 aromatic carbocycles. The largest absolute Gasteiger partial charge is 0.340 e. The third-order valence-electron chi connectivity index (χ3n) is 5.66. The van der Waals surface area contributed by atoms with Crippen molar-refractivity contribution in [2.45, 2.75) is 31.1 Å². The van der Waals surface area contributed by atoms with Gasteiger partial charge in [-0.2, -0.15) is 4.31 Å². The Morgan fingerprint density at radius 2 is 1.73 bits per heavy atom. The SMILES string of the molecule is CC(CC(=O)N1CCN(S(=O)(=O)c2ccccc2)CC1)C1CCNCC1. The molecule has 0 aliphatic carbocycles. The number of carbonyl (C=O) groups excluding carboxylic acids is 1. The minimum atomic E-state index is -3.46. The quantitative estimate of drug-likeness (QED) is 0.843. The molecule has 3 rings (SSSR count). The first-order chi connectivity index (χ1) is 12.5. The highest BCUT2D eigenvalue weighted by atomic mass is 32.2. The highest BCUT2D eigenvalue weighted by molar-refractivity contribution is 7.89. The second-order valence-electron chi connectivity index (χ2n) is 7.37. The molecule has 0 bridgehead atoms. The number of sulfonamides is 1. The maximum absolute atomic E-state index is 12.7. The minimum Gasteiger partial charge on any atom is -0.340 e. The number of piperidine rings is 1. The van der Waals surface area contributed by atoms with Crippen molar-refractivity contribution in [3.63, 3.8) is 0 Å². The maximum Gasteiger partial charge on any atom is 0.243 e. The van der Waals surface area contributed by atoms with Gasteiger partial charge in [-0.05, 0) is 49.9 Å². The van der Waals surface area contributed by atoms with Crippen LogP contribution in [0.25, 0.3) is 0 Å². The normalized spacial score (nSPS) is 21.5. The molecule has 1 unspecified atom stereocenters. The maximum atomic E-state index is 12.7. The van der Waals surface area contributed by atoms with Gasteiger partial charge in [0.1, 0.15) is 0 Å². The summed E-state index contributed by atoms with van der Waals surface area (Å²) in [4.78, 5) is 14.8. The van der Waals surface area contributed by atoms with Gasteiger partial charge in [0, 0.05) is 32.6 Å². The zero-order valence-electron chi connectivity index (χ0n) is 15.4. The molecule has 2 saturated heterocycles. The molecule has 144 valence electrons. The van der Waals surface area contributed by atoms with Crippen molar-refractivity contribution in [2.75, 3.05) is 39.3 Å². The molecule has 1 amide bonds. The number of rotatable bonds is 5. The number of nitrogens with zero attached hydrogens (tertiary/aromatic N) is 2. The number of benzene rings is 1. The second kappa shape index (κ2) is 8.50. The van der Waals surface area contributed by atoms with Crippen LogP contribution < -0.4 is 5.32 Å². The van der Waals surface area contributed by atoms with Gasteiger partial charge in [-0.1, -0.05) is 25.1 Å². The van der Waals surface area contributed by atoms with Crippen molar-refractivity contribution in [3.05, 3.63) is 30.3 Å². The van der Waals surface area contributed by atoms with Crippen molar-refractivity contribution < 1.29 is 13.2 Å². The van der Waals surface area contributed by atoms with E-state index >= 15 is 0 Å². The standard InChI is InChI=1S/C19H29N3O3S/c1-16(17-7-9-20-10-8-17)15-19(23)21-11-13-22(14-12-21)26(24,25)18-5-3-2-4-6-18/h2-6,16-17,20H,7-15H2,1H3. The van der Waals surface area contributed by atoms with Gasteiger partial charge < -0.3 is 10.2 Å². The Kier molecular flexibility index (Phi) is 6.32. The first-order valence-electron chi connectivity index (χ1n) is 9.52. The van der Waals surface area contributed by atoms with Crippen molar-refractivity contribution in [3.8, 4) is 0 Å². The molecule has 1 atom stereocenters. The Bertz CT molecular complexity index is 694. The van der Waals surface area contributed by atoms with Crippen LogP contribution in [0.3, 0.4) is 0 Å². The third-order valence-corrected chi connectivity index (χ3v) is 7.57. The van der Waals surface area contributed by atoms with E-state index in [1.165, 1.54) is 4.31 Å². The minimum absolute atomic E-state index is 0.160. The van der Waals surface area contributed by atoms with Crippen LogP contribution in [0.1, 0.15) is 26.2 Å². The van der Waals surface area contributed by atoms with Gasteiger partial charge >= 0.3 is 0 Å². The highest BCUT2D eigenvalue weighted by Crippen LogP contribution is 2.25. The summed E-state index contributed by atoms with van der Waals surface area (Å²) in [7, 11) is -3.46. The number of hydrogen-bond acceptors (Lipinski definition) is 4. The lowest BCUT2D eigenvalue weighted by molar-refractivity contribution is -0.133. The predicted octanol–water partition coefficient (Wildman–Crippen LogP) is 1.55. The summed E-state index contributed by atoms with van der Waals surface area (Å²) < 4.78 is 26.8. The van der Waals surface area contributed by atoms with E-state index in [0.717, 1.165) is 25.9 Å². The molecule has 2 aliphatic heterocycles. The van der Waals surface area contributed by atoms with E-state index in [1.807, 2.05) is 4.90 Å². The molecular weight excluding hydrogens is 350 g/mol. The van der Waals surface area contributed by atoms with Crippen molar-refractivity contribution in [1.82, 2.24) is 14.5 Å². The van der Waals surface area contributed by atoms with Crippen LogP contribution in [0.2, 0.25) is 0 Å². The lowest BCUT2D eigenvalue weighted by Gasteiger charge is -2.35. The Hall–Kier alpha value is -1.44. The first-order valence-corrected chi connectivity index (χ1v) is 11.0. The summed E-state index contributed by atoms with van der Waals surface area (Å²) in [5.41, 5.74) is 0. The molecule has 7 heteroatoms. The lowest BCUT2D eigenvalue weighted by atomic mass is 9.84. The van der Waals surface area contributed by atoms with E-state index in [4.69, 9.17) is 0 Å². The summed E-state index contributed by atoms with van der Waals surface area (Å²) in [5.74, 6) is 1.16. The molecular formula is C19H29N3O3S. The third kappa shape index (κ3) is 4.45. The van der Waals surface area contributed by atoms with Crippen molar-refractivity contribution in [2.24, 2.45) is 11.8 Å². The fraction of sp³-hybridized carbons (Fsp3) is 0.632. The zero-order chi connectivity index (χ0) is 18.6. The summed E-state index contributed by atoms with van der Waals surface area (Å²) in [6.07, 6.45) is 2.84. The topological polar surface area (TPSA) is 69.7 Å². The van der Waals surface area contributed by atoms with Crippen LogP contribution in [-0.4, -0.2) is 62.8 Å².